The van der Waals surface area contributed by atoms with Gasteiger partial charge in [0.05, 0.1) is 13.6 Å². The molecular formula is C11H9Br2ClN2S. The first-order chi connectivity index (χ1) is 8.11. The number of rotatable bonds is 3. The van der Waals surface area contributed by atoms with Crippen molar-refractivity contribution < 1.29 is 0 Å². The van der Waals surface area contributed by atoms with E-state index < -0.39 is 0 Å². The van der Waals surface area contributed by atoms with Gasteiger partial charge in [-0.15, -0.1) is 11.3 Å². The van der Waals surface area contributed by atoms with Gasteiger partial charge >= 0.3 is 0 Å². The molecule has 2 aromatic rings. The average Bonchev–Trinajstić information content (AvgIpc) is 2.59. The Morgan fingerprint density at radius 1 is 1.29 bits per heavy atom. The summed E-state index contributed by atoms with van der Waals surface area (Å²) < 4.78 is 2.11. The molecule has 90 valence electrons. The summed E-state index contributed by atoms with van der Waals surface area (Å²) in [6, 6.07) is 9.62. The summed E-state index contributed by atoms with van der Waals surface area (Å²) in [5, 5.41) is 0.702. The average molecular weight is 397 g/mol. The fraction of sp³-hybridized carbons (Fsp3) is 0.0909. The number of hydrazine groups is 1. The number of thiophene rings is 1. The number of benzene rings is 1. The van der Waals surface area contributed by atoms with Crippen LogP contribution in [0.1, 0.15) is 17.2 Å². The summed E-state index contributed by atoms with van der Waals surface area (Å²) in [5.41, 5.74) is 4.94. The normalized spacial score (nSPS) is 12.7. The summed E-state index contributed by atoms with van der Waals surface area (Å²) in [6.07, 6.45) is 0. The highest BCUT2D eigenvalue weighted by atomic mass is 79.9. The van der Waals surface area contributed by atoms with Gasteiger partial charge in [-0.2, -0.15) is 0 Å². The second kappa shape index (κ2) is 5.82. The lowest BCUT2D eigenvalue weighted by molar-refractivity contribution is 0.637. The molecule has 2 nitrogen and oxygen atoms in total. The summed E-state index contributed by atoms with van der Waals surface area (Å²) in [4.78, 5) is 0. The quantitative estimate of drug-likeness (QED) is 0.593. The van der Waals surface area contributed by atoms with Gasteiger partial charge in [0.2, 0.25) is 0 Å². The maximum absolute atomic E-state index is 5.99. The van der Waals surface area contributed by atoms with Gasteiger partial charge < -0.3 is 0 Å². The highest BCUT2D eigenvalue weighted by molar-refractivity contribution is 9.12. The predicted molar refractivity (Wildman–Crippen MR) is 80.3 cm³/mol. The maximum atomic E-state index is 5.99. The van der Waals surface area contributed by atoms with Crippen molar-refractivity contribution in [1.82, 2.24) is 5.43 Å². The van der Waals surface area contributed by atoms with E-state index in [0.717, 1.165) is 18.7 Å². The van der Waals surface area contributed by atoms with Crippen molar-refractivity contribution in [1.29, 1.82) is 0 Å². The Kier molecular flexibility index (Phi) is 4.63. The van der Waals surface area contributed by atoms with Crippen molar-refractivity contribution in [3.05, 3.63) is 54.1 Å². The van der Waals surface area contributed by atoms with E-state index in [4.69, 9.17) is 17.4 Å². The molecule has 1 aromatic heterocycles. The van der Waals surface area contributed by atoms with Gasteiger partial charge in [-0.1, -0.05) is 23.7 Å². The Labute approximate surface area is 125 Å². The molecule has 0 aliphatic heterocycles. The van der Waals surface area contributed by atoms with Gasteiger partial charge in [0.15, 0.2) is 0 Å². The first-order valence-electron chi connectivity index (χ1n) is 4.78. The largest absolute Gasteiger partial charge is 0.271 e. The van der Waals surface area contributed by atoms with Crippen LogP contribution in [0.2, 0.25) is 5.02 Å². The third kappa shape index (κ3) is 3.10. The van der Waals surface area contributed by atoms with Crippen molar-refractivity contribution >= 4 is 54.8 Å². The first-order valence-corrected chi connectivity index (χ1v) is 7.56. The third-order valence-electron chi connectivity index (χ3n) is 2.34. The van der Waals surface area contributed by atoms with Crippen LogP contribution >= 0.6 is 54.8 Å². The van der Waals surface area contributed by atoms with E-state index in [1.165, 1.54) is 0 Å². The van der Waals surface area contributed by atoms with Gasteiger partial charge in [0.25, 0.3) is 0 Å². The second-order valence-electron chi connectivity index (χ2n) is 3.43. The minimum atomic E-state index is -0.0781. The lowest BCUT2D eigenvalue weighted by Crippen LogP contribution is -2.28. The van der Waals surface area contributed by atoms with Crippen LogP contribution in [0.15, 0.2) is 37.9 Å². The van der Waals surface area contributed by atoms with Gasteiger partial charge in [-0.3, -0.25) is 5.84 Å². The smallest absolute Gasteiger partial charge is 0.0762 e. The standard InChI is InChI=1S/C11H9Br2ClN2S/c12-9-5-8(11(13)17-9)10(16-15)6-2-1-3-7(14)4-6/h1-5,10,16H,15H2. The van der Waals surface area contributed by atoms with Crippen LogP contribution in [0.4, 0.5) is 0 Å². The molecule has 0 aliphatic carbocycles. The number of nitrogens with two attached hydrogens (primary N) is 1. The fourth-order valence-electron chi connectivity index (χ4n) is 1.60. The number of hydrogen-bond donors (Lipinski definition) is 2. The summed E-state index contributed by atoms with van der Waals surface area (Å²) in [5.74, 6) is 5.64. The van der Waals surface area contributed by atoms with Crippen LogP contribution < -0.4 is 11.3 Å². The molecular weight excluding hydrogens is 387 g/mol. The molecule has 0 saturated carbocycles. The number of hydrogen-bond acceptors (Lipinski definition) is 3. The van der Waals surface area contributed by atoms with Crippen molar-refractivity contribution in [3.63, 3.8) is 0 Å². The molecule has 3 N–H and O–H groups in total. The molecule has 0 saturated heterocycles. The molecule has 17 heavy (non-hydrogen) atoms. The van der Waals surface area contributed by atoms with Crippen molar-refractivity contribution in [3.8, 4) is 0 Å². The van der Waals surface area contributed by atoms with Crippen LogP contribution in [0.5, 0.6) is 0 Å². The molecule has 0 bridgehead atoms. The Morgan fingerprint density at radius 2 is 2.06 bits per heavy atom. The first kappa shape index (κ1) is 13.5. The van der Waals surface area contributed by atoms with Gasteiger partial charge in [0.1, 0.15) is 0 Å². The van der Waals surface area contributed by atoms with Gasteiger partial charge in [0, 0.05) is 10.6 Å². The van der Waals surface area contributed by atoms with Crippen molar-refractivity contribution in [2.75, 3.05) is 0 Å². The molecule has 2 rings (SSSR count). The second-order valence-corrected chi connectivity index (χ2v) is 7.62. The zero-order valence-electron chi connectivity index (χ0n) is 8.58. The summed E-state index contributed by atoms with van der Waals surface area (Å²) in [7, 11) is 0. The molecule has 1 aromatic carbocycles. The molecule has 0 fully saturated rings. The minimum absolute atomic E-state index is 0.0781. The predicted octanol–water partition coefficient (Wildman–Crippen LogP) is 4.48. The summed E-state index contributed by atoms with van der Waals surface area (Å²) >= 11 is 14.6. The Balaban J connectivity index is 2.43. The van der Waals surface area contributed by atoms with Crippen molar-refractivity contribution in [2.45, 2.75) is 6.04 Å². The Morgan fingerprint density at radius 3 is 2.59 bits per heavy atom. The Hall–Kier alpha value is 0.0900. The molecule has 6 heteroatoms. The highest BCUT2D eigenvalue weighted by Crippen LogP contribution is 2.37. The molecule has 0 aliphatic rings. The number of halogens is 3. The summed E-state index contributed by atoms with van der Waals surface area (Å²) in [6.45, 7) is 0. The third-order valence-corrected chi connectivity index (χ3v) is 4.96. The van der Waals surface area contributed by atoms with Crippen LogP contribution in [0.3, 0.4) is 0 Å². The lowest BCUT2D eigenvalue weighted by atomic mass is 10.0. The zero-order chi connectivity index (χ0) is 12.4. The fourth-order valence-corrected chi connectivity index (χ4v) is 4.70. The SMILES string of the molecule is NNC(c1cccc(Cl)c1)c1cc(Br)sc1Br. The van der Waals surface area contributed by atoms with E-state index in [1.54, 1.807) is 11.3 Å². The van der Waals surface area contributed by atoms with Crippen LogP contribution in [-0.4, -0.2) is 0 Å². The molecule has 1 unspecified atom stereocenters. The van der Waals surface area contributed by atoms with Crippen LogP contribution in [-0.2, 0) is 0 Å². The van der Waals surface area contributed by atoms with Crippen LogP contribution in [0, 0.1) is 0 Å². The van der Waals surface area contributed by atoms with Crippen molar-refractivity contribution in [2.24, 2.45) is 5.84 Å². The molecule has 0 radical (unpaired) electrons. The van der Waals surface area contributed by atoms with Gasteiger partial charge in [-0.05, 0) is 55.6 Å². The van der Waals surface area contributed by atoms with Crippen LogP contribution in [0.25, 0.3) is 0 Å². The topological polar surface area (TPSA) is 38.0 Å². The highest BCUT2D eigenvalue weighted by Gasteiger charge is 2.18. The van der Waals surface area contributed by atoms with E-state index in [9.17, 15) is 0 Å². The van der Waals surface area contributed by atoms with E-state index in [1.807, 2.05) is 30.3 Å². The number of nitrogens with one attached hydrogen (secondary N) is 1. The van der Waals surface area contributed by atoms with E-state index in [-0.39, 0.29) is 6.04 Å². The molecule has 1 atom stereocenters. The molecule has 1 heterocycles. The van der Waals surface area contributed by atoms with E-state index >= 15 is 0 Å². The molecule has 0 amide bonds. The zero-order valence-corrected chi connectivity index (χ0v) is 13.3. The maximum Gasteiger partial charge on any atom is 0.0762 e. The van der Waals surface area contributed by atoms with Gasteiger partial charge in [-0.25, -0.2) is 5.43 Å². The monoisotopic (exact) mass is 394 g/mol. The minimum Gasteiger partial charge on any atom is -0.271 e. The van der Waals surface area contributed by atoms with E-state index in [0.29, 0.717) is 5.02 Å². The lowest BCUT2D eigenvalue weighted by Gasteiger charge is -2.16. The molecule has 0 spiro atoms. The Bertz CT molecular complexity index is 530. The van der Waals surface area contributed by atoms with E-state index in [2.05, 4.69) is 37.3 Å².